The number of fused-ring (bicyclic) bond motifs is 5. The van der Waals surface area contributed by atoms with Crippen LogP contribution in [0.25, 0.3) is 22.3 Å². The number of nitrogens with two attached hydrogens (primary N) is 1. The number of nitrogens with one attached hydrogen (secondary N) is 4. The number of hydrogen-bond acceptors (Lipinski definition) is 14. The van der Waals surface area contributed by atoms with Crippen LogP contribution in [0.4, 0.5) is 9.18 Å². The summed E-state index contributed by atoms with van der Waals surface area (Å²) < 4.78 is 27.7. The summed E-state index contributed by atoms with van der Waals surface area (Å²) in [5.41, 5.74) is 6.92. The lowest BCUT2D eigenvalue weighted by atomic mass is 9.81. The van der Waals surface area contributed by atoms with Gasteiger partial charge in [-0.1, -0.05) is 43.7 Å². The van der Waals surface area contributed by atoms with Gasteiger partial charge >= 0.3 is 12.1 Å². The number of primary amides is 1. The van der Waals surface area contributed by atoms with Gasteiger partial charge in [0.25, 0.3) is 17.4 Å². The molecule has 22 nitrogen and oxygen atoms in total. The molecule has 7 N–H and O–H groups in total. The molecule has 1 aliphatic carbocycles. The van der Waals surface area contributed by atoms with Crippen molar-refractivity contribution in [3.05, 3.63) is 110 Å². The zero-order chi connectivity index (χ0) is 53.7. The molecule has 394 valence electrons. The third-order valence-electron chi connectivity index (χ3n) is 13.9. The normalized spacial score (nSPS) is 17.4. The minimum absolute atomic E-state index is 0.00344. The van der Waals surface area contributed by atoms with E-state index >= 15 is 4.39 Å². The molecule has 4 aromatic rings. The second-order valence-electron chi connectivity index (χ2n) is 18.7. The van der Waals surface area contributed by atoms with E-state index in [1.165, 1.54) is 22.8 Å². The van der Waals surface area contributed by atoms with Gasteiger partial charge in [-0.25, -0.2) is 19.0 Å². The fourth-order valence-electron chi connectivity index (χ4n) is 9.99. The fourth-order valence-corrected chi connectivity index (χ4v) is 9.99. The highest BCUT2D eigenvalue weighted by Crippen LogP contribution is 2.46. The summed E-state index contributed by atoms with van der Waals surface area (Å²) in [6.45, 7) is 0.709. The van der Waals surface area contributed by atoms with E-state index in [0.29, 0.717) is 70.3 Å². The van der Waals surface area contributed by atoms with E-state index in [1.807, 2.05) is 0 Å². The van der Waals surface area contributed by atoms with Gasteiger partial charge in [-0.15, -0.1) is 0 Å². The van der Waals surface area contributed by atoms with E-state index in [0.717, 1.165) is 9.80 Å². The van der Waals surface area contributed by atoms with Crippen LogP contribution >= 0.6 is 0 Å². The number of aliphatic hydroxyl groups is 1. The van der Waals surface area contributed by atoms with Crippen LogP contribution in [0.5, 0.6) is 0 Å². The number of carbonyl (C=O) groups excluding carboxylic acids is 9. The third kappa shape index (κ3) is 11.3. The Balaban J connectivity index is 0.901. The molecule has 8 rings (SSSR count). The van der Waals surface area contributed by atoms with Crippen molar-refractivity contribution in [3.63, 3.8) is 0 Å². The number of pyridine rings is 2. The van der Waals surface area contributed by atoms with Crippen LogP contribution in [0.15, 0.2) is 59.4 Å². The number of imide groups is 1. The number of benzene rings is 2. The quantitative estimate of drug-likeness (QED) is 0.0340. The monoisotopic (exact) mass is 1030 g/mol. The topological polar surface area (TPSA) is 308 Å². The SMILES string of the molecule is CC[C@@]1(O)C(=O)OCc2c1cc1n(c2=O)Cc2c-1nc1cc(F)c(C)c3c1c2[C@@H](NC(=O)OCCN(CC(N)=O)C(=O)[C@H](Cc1ccccc1)NC(=O)CNC(=O)CNC(=O)CCCCCN1C(=O)C=CC1=O)CC3. The van der Waals surface area contributed by atoms with E-state index in [9.17, 15) is 53.1 Å². The number of aryl methyl sites for hydroxylation is 1. The van der Waals surface area contributed by atoms with Crippen LogP contribution in [0.3, 0.4) is 0 Å². The highest BCUT2D eigenvalue weighted by atomic mass is 19.1. The Labute approximate surface area is 428 Å². The zero-order valence-electron chi connectivity index (χ0n) is 41.3. The summed E-state index contributed by atoms with van der Waals surface area (Å²) in [7, 11) is 0. The lowest BCUT2D eigenvalue weighted by Gasteiger charge is -2.31. The average molecular weight is 1030 g/mol. The van der Waals surface area contributed by atoms with Crippen molar-refractivity contribution in [1.29, 1.82) is 0 Å². The summed E-state index contributed by atoms with van der Waals surface area (Å²) in [4.78, 5) is 136. The molecule has 23 heteroatoms. The van der Waals surface area contributed by atoms with Gasteiger partial charge in [0.1, 0.15) is 25.1 Å². The molecule has 5 heterocycles. The number of esters is 1. The molecule has 3 atom stereocenters. The van der Waals surface area contributed by atoms with Gasteiger partial charge in [0.05, 0.1) is 61.2 Å². The van der Waals surface area contributed by atoms with Crippen LogP contribution in [0.1, 0.15) is 90.4 Å². The molecule has 2 aromatic carbocycles. The Bertz CT molecular complexity index is 3110. The lowest BCUT2D eigenvalue weighted by Crippen LogP contribution is -2.54. The second-order valence-corrected chi connectivity index (χ2v) is 18.7. The van der Waals surface area contributed by atoms with Gasteiger partial charge in [-0.2, -0.15) is 0 Å². The van der Waals surface area contributed by atoms with Crippen molar-refractivity contribution in [2.45, 2.75) is 96.1 Å². The smallest absolute Gasteiger partial charge is 0.407 e. The first-order valence-corrected chi connectivity index (χ1v) is 24.6. The first kappa shape index (κ1) is 53.0. The van der Waals surface area contributed by atoms with Gasteiger partial charge in [0, 0.05) is 54.1 Å². The predicted octanol–water partition coefficient (Wildman–Crippen LogP) is 1.000. The Morgan fingerprint density at radius 1 is 0.960 bits per heavy atom. The minimum atomic E-state index is -2.08. The summed E-state index contributed by atoms with van der Waals surface area (Å²) in [5.74, 6) is -5.68. The number of alkyl carbamates (subject to hydrolysis) is 1. The second kappa shape index (κ2) is 22.4. The van der Waals surface area contributed by atoms with E-state index in [1.54, 1.807) is 50.2 Å². The van der Waals surface area contributed by atoms with Crippen LogP contribution in [-0.4, -0.2) is 123 Å². The van der Waals surface area contributed by atoms with Gasteiger partial charge < -0.3 is 51.0 Å². The van der Waals surface area contributed by atoms with Gasteiger partial charge in [-0.3, -0.25) is 43.3 Å². The third-order valence-corrected chi connectivity index (χ3v) is 13.9. The average Bonchev–Trinajstić information content (AvgIpc) is 3.92. The molecule has 2 aromatic heterocycles. The van der Waals surface area contributed by atoms with E-state index < -0.39 is 96.9 Å². The number of unbranched alkanes of at least 4 members (excludes halogenated alkanes) is 2. The molecule has 0 unspecified atom stereocenters. The maximum absolute atomic E-state index is 15.5. The van der Waals surface area contributed by atoms with Gasteiger partial charge in [0.2, 0.25) is 29.5 Å². The summed E-state index contributed by atoms with van der Waals surface area (Å²) in [6.07, 6.45) is 3.58. The molecule has 0 spiro atoms. The van der Waals surface area contributed by atoms with Crippen molar-refractivity contribution in [2.75, 3.05) is 39.3 Å². The van der Waals surface area contributed by atoms with Crippen LogP contribution in [0.2, 0.25) is 0 Å². The summed E-state index contributed by atoms with van der Waals surface area (Å²) >= 11 is 0. The van der Waals surface area contributed by atoms with Crippen molar-refractivity contribution >= 4 is 64.3 Å². The van der Waals surface area contributed by atoms with Crippen LogP contribution < -0.4 is 32.6 Å². The van der Waals surface area contributed by atoms with Crippen molar-refractivity contribution in [2.24, 2.45) is 5.73 Å². The van der Waals surface area contributed by atoms with Crippen molar-refractivity contribution in [1.82, 2.24) is 40.6 Å². The first-order chi connectivity index (χ1) is 35.9. The van der Waals surface area contributed by atoms with E-state index in [-0.39, 0.29) is 80.4 Å². The maximum atomic E-state index is 15.5. The molecule has 0 radical (unpaired) electrons. The molecule has 0 saturated carbocycles. The molecular weight excluding hydrogens is 978 g/mol. The maximum Gasteiger partial charge on any atom is 0.407 e. The Morgan fingerprint density at radius 2 is 1.68 bits per heavy atom. The standard InChI is InChI=1S/C52H56FN9O13/c1-3-52(73)33-21-38-47-31(25-62(38)48(69)32(33)27-75-50(52)71)46-35(14-13-30-28(2)34(53)22-36(58-47)45(30)46)59-51(72)74-19-18-60(26-39(54)63)49(70)37(20-29-10-6-4-7-11-29)57-42(66)24-56-41(65)23-55-40(64)12-8-5-9-17-61-43(67)15-16-44(61)68/h4,6-7,10-11,15-16,21-22,35,37,73H,3,5,8-9,12-14,17-20,23-27H2,1-2H3,(H2,54,63)(H,55,64)(H,56,65)(H,57,66)(H,59,72)/t35-,37-,52-/m0/s1. The zero-order valence-corrected chi connectivity index (χ0v) is 41.3. The first-order valence-electron chi connectivity index (χ1n) is 24.6. The molecule has 0 fully saturated rings. The number of hydrogen-bond donors (Lipinski definition) is 6. The van der Waals surface area contributed by atoms with Gasteiger partial charge in [-0.05, 0) is 67.3 Å². The molecular formula is C52H56FN9O13. The number of nitrogens with zero attached hydrogens (tertiary/aromatic N) is 4. The highest BCUT2D eigenvalue weighted by molar-refractivity contribution is 6.12. The van der Waals surface area contributed by atoms with Crippen LogP contribution in [-0.2, 0) is 79.4 Å². The Kier molecular flexibility index (Phi) is 15.8. The molecule has 8 amide bonds. The number of cyclic esters (lactones) is 1. The van der Waals surface area contributed by atoms with Gasteiger partial charge in [0.15, 0.2) is 5.60 Å². The highest BCUT2D eigenvalue weighted by Gasteiger charge is 2.46. The number of ether oxygens (including phenoxy) is 2. The summed E-state index contributed by atoms with van der Waals surface area (Å²) in [5, 5.41) is 22.3. The van der Waals surface area contributed by atoms with E-state index in [2.05, 4.69) is 21.3 Å². The number of aromatic nitrogens is 2. The number of amides is 8. The Hall–Kier alpha value is -8.34. The molecule has 0 bridgehead atoms. The summed E-state index contributed by atoms with van der Waals surface area (Å²) in [6, 6.07) is 9.43. The molecule has 0 saturated heterocycles. The number of halogens is 1. The minimum Gasteiger partial charge on any atom is -0.458 e. The molecule has 4 aliphatic rings. The molecule has 75 heavy (non-hydrogen) atoms. The van der Waals surface area contributed by atoms with E-state index in [4.69, 9.17) is 20.2 Å². The predicted molar refractivity (Wildman–Crippen MR) is 263 cm³/mol. The largest absolute Gasteiger partial charge is 0.458 e. The lowest BCUT2D eigenvalue weighted by molar-refractivity contribution is -0.172. The van der Waals surface area contributed by atoms with Crippen LogP contribution in [0, 0.1) is 12.7 Å². The molecule has 3 aliphatic heterocycles. The number of rotatable bonds is 21. The fraction of sp³-hybridized carbons (Fsp3) is 0.404. The van der Waals surface area contributed by atoms with Crippen molar-refractivity contribution in [3.8, 4) is 11.4 Å². The number of carbonyl (C=O) groups is 9. The Morgan fingerprint density at radius 3 is 2.40 bits per heavy atom. The van der Waals surface area contributed by atoms with Crippen molar-refractivity contribution < 1.29 is 62.1 Å².